The van der Waals surface area contributed by atoms with Gasteiger partial charge in [-0.2, -0.15) is 0 Å². The van der Waals surface area contributed by atoms with Crippen molar-refractivity contribution in [3.05, 3.63) is 29.6 Å². The number of halogens is 1. The smallest absolute Gasteiger partial charge is 0.223 e. The van der Waals surface area contributed by atoms with E-state index >= 15 is 0 Å². The third kappa shape index (κ3) is 1.77. The minimum Gasteiger partial charge on any atom is -0.493 e. The lowest BCUT2D eigenvalue weighted by molar-refractivity contribution is -0.130. The van der Waals surface area contributed by atoms with Crippen molar-refractivity contribution >= 4 is 5.91 Å². The van der Waals surface area contributed by atoms with Gasteiger partial charge in [0.2, 0.25) is 5.91 Å². The number of carbonyl (C=O) groups excluding carboxylic acids is 1. The van der Waals surface area contributed by atoms with Crippen LogP contribution in [-0.2, 0) is 4.79 Å². The first kappa shape index (κ1) is 10.6. The van der Waals surface area contributed by atoms with Crippen LogP contribution in [0.25, 0.3) is 0 Å². The van der Waals surface area contributed by atoms with E-state index in [1.165, 1.54) is 12.1 Å². The van der Waals surface area contributed by atoms with Crippen molar-refractivity contribution in [3.8, 4) is 5.75 Å². The first-order chi connectivity index (χ1) is 8.25. The second-order valence-electron chi connectivity index (χ2n) is 4.53. The van der Waals surface area contributed by atoms with E-state index in [0.29, 0.717) is 18.8 Å². The lowest BCUT2D eigenvalue weighted by Crippen LogP contribution is -2.33. The Labute approximate surface area is 99.2 Å². The number of carbonyl (C=O) groups is 1. The van der Waals surface area contributed by atoms with Gasteiger partial charge in [0.05, 0.1) is 12.6 Å². The summed E-state index contributed by atoms with van der Waals surface area (Å²) in [5, 5.41) is 0. The van der Waals surface area contributed by atoms with Crippen molar-refractivity contribution in [2.45, 2.75) is 25.3 Å². The maximum atomic E-state index is 13.3. The molecule has 0 aromatic heterocycles. The molecule has 0 aliphatic carbocycles. The van der Waals surface area contributed by atoms with Crippen molar-refractivity contribution in [1.82, 2.24) is 4.90 Å². The van der Waals surface area contributed by atoms with E-state index in [9.17, 15) is 9.18 Å². The molecule has 1 aromatic carbocycles. The summed E-state index contributed by atoms with van der Waals surface area (Å²) >= 11 is 0. The van der Waals surface area contributed by atoms with Crippen LogP contribution in [0.5, 0.6) is 5.75 Å². The van der Waals surface area contributed by atoms with Crippen molar-refractivity contribution in [2.75, 3.05) is 13.2 Å². The molecule has 2 aliphatic heterocycles. The molecule has 4 heteroatoms. The average Bonchev–Trinajstić information content (AvgIpc) is 2.74. The number of hydrogen-bond acceptors (Lipinski definition) is 2. The minimum atomic E-state index is -0.272. The molecule has 2 aliphatic rings. The Hall–Kier alpha value is -1.58. The highest BCUT2D eigenvalue weighted by Crippen LogP contribution is 2.38. The van der Waals surface area contributed by atoms with Gasteiger partial charge < -0.3 is 9.64 Å². The zero-order valence-corrected chi connectivity index (χ0v) is 9.49. The lowest BCUT2D eigenvalue weighted by Gasteiger charge is -2.33. The fourth-order valence-corrected chi connectivity index (χ4v) is 2.67. The number of likely N-dealkylation sites (tertiary alicyclic amines) is 1. The van der Waals surface area contributed by atoms with Gasteiger partial charge in [0, 0.05) is 24.9 Å². The first-order valence-corrected chi connectivity index (χ1v) is 5.97. The molecule has 1 unspecified atom stereocenters. The van der Waals surface area contributed by atoms with Crippen LogP contribution in [0.2, 0.25) is 0 Å². The highest BCUT2D eigenvalue weighted by molar-refractivity contribution is 5.78. The molecule has 0 saturated carbocycles. The molecule has 17 heavy (non-hydrogen) atoms. The Balaban J connectivity index is 1.98. The van der Waals surface area contributed by atoms with Crippen LogP contribution in [0.3, 0.4) is 0 Å². The van der Waals surface area contributed by atoms with Gasteiger partial charge in [-0.1, -0.05) is 0 Å². The zero-order chi connectivity index (χ0) is 11.8. The third-order valence-corrected chi connectivity index (χ3v) is 3.47. The van der Waals surface area contributed by atoms with Crippen LogP contribution in [0.4, 0.5) is 4.39 Å². The minimum absolute atomic E-state index is 0.00977. The zero-order valence-electron chi connectivity index (χ0n) is 9.49. The summed E-state index contributed by atoms with van der Waals surface area (Å²) in [5.74, 6) is 0.611. The van der Waals surface area contributed by atoms with E-state index in [0.717, 1.165) is 24.9 Å². The summed E-state index contributed by atoms with van der Waals surface area (Å²) in [5.41, 5.74) is 0.812. The summed E-state index contributed by atoms with van der Waals surface area (Å²) < 4.78 is 18.8. The molecule has 0 spiro atoms. The largest absolute Gasteiger partial charge is 0.493 e. The second kappa shape index (κ2) is 4.02. The Kier molecular flexibility index (Phi) is 2.50. The topological polar surface area (TPSA) is 29.5 Å². The van der Waals surface area contributed by atoms with Gasteiger partial charge in [-0.3, -0.25) is 4.79 Å². The van der Waals surface area contributed by atoms with Gasteiger partial charge in [-0.25, -0.2) is 4.39 Å². The number of benzene rings is 1. The Bertz CT molecular complexity index is 461. The standard InChI is InChI=1S/C13H14FNO2/c14-9-3-4-12-10(8-9)11(5-7-17-12)15-6-1-2-13(15)16/h3-4,8,11H,1-2,5-7H2. The normalized spacial score (nSPS) is 23.5. The fraction of sp³-hybridized carbons (Fsp3) is 0.462. The number of hydrogen-bond donors (Lipinski definition) is 0. The SMILES string of the molecule is O=C1CCCN1C1CCOc2ccc(F)cc21. The number of fused-ring (bicyclic) bond motifs is 1. The van der Waals surface area contributed by atoms with Crippen LogP contribution < -0.4 is 4.74 Å². The highest BCUT2D eigenvalue weighted by atomic mass is 19.1. The maximum absolute atomic E-state index is 13.3. The molecule has 1 amide bonds. The lowest BCUT2D eigenvalue weighted by atomic mass is 9.99. The summed E-state index contributed by atoms with van der Waals surface area (Å²) in [6.07, 6.45) is 2.27. The fourth-order valence-electron chi connectivity index (χ4n) is 2.67. The van der Waals surface area contributed by atoms with Crippen molar-refractivity contribution in [3.63, 3.8) is 0 Å². The molecule has 0 bridgehead atoms. The van der Waals surface area contributed by atoms with Crippen LogP contribution in [-0.4, -0.2) is 24.0 Å². The predicted molar refractivity (Wildman–Crippen MR) is 60.2 cm³/mol. The van der Waals surface area contributed by atoms with Gasteiger partial charge in [0.1, 0.15) is 11.6 Å². The monoisotopic (exact) mass is 235 g/mol. The third-order valence-electron chi connectivity index (χ3n) is 3.47. The molecule has 2 heterocycles. The van der Waals surface area contributed by atoms with E-state index in [1.54, 1.807) is 6.07 Å². The molecule has 1 saturated heterocycles. The molecule has 0 radical (unpaired) electrons. The van der Waals surface area contributed by atoms with E-state index in [4.69, 9.17) is 4.74 Å². The van der Waals surface area contributed by atoms with Crippen molar-refractivity contribution in [2.24, 2.45) is 0 Å². The first-order valence-electron chi connectivity index (χ1n) is 5.97. The molecule has 90 valence electrons. The number of ether oxygens (including phenoxy) is 1. The summed E-state index contributed by atoms with van der Waals surface area (Å²) in [6, 6.07) is 4.53. The Morgan fingerprint density at radius 1 is 1.41 bits per heavy atom. The quantitative estimate of drug-likeness (QED) is 0.747. The van der Waals surface area contributed by atoms with Crippen molar-refractivity contribution < 1.29 is 13.9 Å². The van der Waals surface area contributed by atoms with Gasteiger partial charge in [0.25, 0.3) is 0 Å². The van der Waals surface area contributed by atoms with Crippen LogP contribution in [0.15, 0.2) is 18.2 Å². The van der Waals surface area contributed by atoms with Crippen LogP contribution in [0.1, 0.15) is 30.9 Å². The molecular formula is C13H14FNO2. The van der Waals surface area contributed by atoms with Gasteiger partial charge >= 0.3 is 0 Å². The van der Waals surface area contributed by atoms with Gasteiger partial charge in [0.15, 0.2) is 0 Å². The van der Waals surface area contributed by atoms with E-state index in [-0.39, 0.29) is 17.8 Å². The second-order valence-corrected chi connectivity index (χ2v) is 4.53. The van der Waals surface area contributed by atoms with Crippen molar-refractivity contribution in [1.29, 1.82) is 0 Å². The van der Waals surface area contributed by atoms with Crippen LogP contribution >= 0.6 is 0 Å². The average molecular weight is 235 g/mol. The highest BCUT2D eigenvalue weighted by Gasteiger charge is 2.32. The van der Waals surface area contributed by atoms with E-state index in [1.807, 2.05) is 4.90 Å². The molecule has 1 aromatic rings. The van der Waals surface area contributed by atoms with Gasteiger partial charge in [-0.05, 0) is 24.6 Å². The number of rotatable bonds is 1. The molecule has 1 fully saturated rings. The molecule has 0 N–H and O–H groups in total. The summed E-state index contributed by atoms with van der Waals surface area (Å²) in [7, 11) is 0. The Morgan fingerprint density at radius 2 is 2.29 bits per heavy atom. The van der Waals surface area contributed by atoms with E-state index < -0.39 is 0 Å². The Morgan fingerprint density at radius 3 is 3.06 bits per heavy atom. The number of amides is 1. The van der Waals surface area contributed by atoms with E-state index in [2.05, 4.69) is 0 Å². The van der Waals surface area contributed by atoms with Crippen LogP contribution in [0, 0.1) is 5.82 Å². The molecule has 1 atom stereocenters. The molecule has 3 nitrogen and oxygen atoms in total. The molecular weight excluding hydrogens is 221 g/mol. The maximum Gasteiger partial charge on any atom is 0.223 e. The number of nitrogens with zero attached hydrogens (tertiary/aromatic N) is 1. The predicted octanol–water partition coefficient (Wildman–Crippen LogP) is 2.27. The summed E-state index contributed by atoms with van der Waals surface area (Å²) in [4.78, 5) is 13.6. The summed E-state index contributed by atoms with van der Waals surface area (Å²) in [6.45, 7) is 1.37. The van der Waals surface area contributed by atoms with Gasteiger partial charge in [-0.15, -0.1) is 0 Å². The molecule has 3 rings (SSSR count).